The van der Waals surface area contributed by atoms with E-state index in [1.54, 1.807) is 12.3 Å². The topological polar surface area (TPSA) is 63.2 Å². The molecule has 0 aliphatic carbocycles. The Hall–Kier alpha value is -1.62. The predicted molar refractivity (Wildman–Crippen MR) is 71.8 cm³/mol. The average molecular weight is 251 g/mol. The third-order valence-corrected chi connectivity index (χ3v) is 2.32. The van der Waals surface area contributed by atoms with E-state index in [1.807, 2.05) is 26.8 Å². The maximum Gasteiger partial charge on any atom is 0.270 e. The summed E-state index contributed by atoms with van der Waals surface area (Å²) in [5, 5.41) is 5.99. The van der Waals surface area contributed by atoms with E-state index >= 15 is 0 Å². The van der Waals surface area contributed by atoms with Crippen LogP contribution in [-0.4, -0.2) is 36.7 Å². The number of rotatable bonds is 7. The first-order valence-corrected chi connectivity index (χ1v) is 6.25. The number of anilines is 1. The van der Waals surface area contributed by atoms with Crippen LogP contribution in [0.3, 0.4) is 0 Å². The van der Waals surface area contributed by atoms with Gasteiger partial charge in [-0.25, -0.2) is 0 Å². The van der Waals surface area contributed by atoms with Crippen molar-refractivity contribution in [2.24, 2.45) is 0 Å². The second-order valence-electron chi connectivity index (χ2n) is 3.99. The van der Waals surface area contributed by atoms with Gasteiger partial charge in [0.15, 0.2) is 0 Å². The predicted octanol–water partition coefficient (Wildman–Crippen LogP) is 1.67. The highest BCUT2D eigenvalue weighted by atomic mass is 16.5. The number of nitrogens with zero attached hydrogens (tertiary/aromatic N) is 1. The molecular weight excluding hydrogens is 230 g/mol. The Morgan fingerprint density at radius 3 is 2.94 bits per heavy atom. The average Bonchev–Trinajstić information content (AvgIpc) is 2.37. The largest absolute Gasteiger partial charge is 0.385 e. The third kappa shape index (κ3) is 4.71. The molecule has 1 heterocycles. The van der Waals surface area contributed by atoms with Gasteiger partial charge in [0.1, 0.15) is 5.69 Å². The van der Waals surface area contributed by atoms with Crippen molar-refractivity contribution in [2.45, 2.75) is 26.8 Å². The zero-order valence-corrected chi connectivity index (χ0v) is 11.2. The standard InChI is InChI=1S/C13H21N3O2/c1-4-14-11-6-7-15-12(8-11)13(17)16-10(3)9-18-5-2/h6-8,10H,4-5,9H2,1-3H3,(H,14,15)(H,16,17). The molecule has 0 saturated heterocycles. The van der Waals surface area contributed by atoms with Crippen molar-refractivity contribution in [1.82, 2.24) is 10.3 Å². The summed E-state index contributed by atoms with van der Waals surface area (Å²) in [6, 6.07) is 3.55. The molecule has 1 amide bonds. The quantitative estimate of drug-likeness (QED) is 0.773. The summed E-state index contributed by atoms with van der Waals surface area (Å²) in [6.45, 7) is 7.80. The molecule has 1 atom stereocenters. The molecule has 0 aromatic carbocycles. The van der Waals surface area contributed by atoms with Crippen LogP contribution >= 0.6 is 0 Å². The number of aromatic nitrogens is 1. The van der Waals surface area contributed by atoms with Crippen LogP contribution in [0, 0.1) is 0 Å². The van der Waals surface area contributed by atoms with Gasteiger partial charge in [0.25, 0.3) is 5.91 Å². The third-order valence-electron chi connectivity index (χ3n) is 2.32. The lowest BCUT2D eigenvalue weighted by molar-refractivity contribution is 0.0867. The van der Waals surface area contributed by atoms with E-state index in [4.69, 9.17) is 4.74 Å². The summed E-state index contributed by atoms with van der Waals surface area (Å²) >= 11 is 0. The summed E-state index contributed by atoms with van der Waals surface area (Å²) < 4.78 is 5.25. The lowest BCUT2D eigenvalue weighted by Gasteiger charge is -2.13. The second kappa shape index (κ2) is 7.66. The van der Waals surface area contributed by atoms with Crippen molar-refractivity contribution in [3.8, 4) is 0 Å². The first kappa shape index (κ1) is 14.4. The molecule has 2 N–H and O–H groups in total. The monoisotopic (exact) mass is 251 g/mol. The van der Waals surface area contributed by atoms with Gasteiger partial charge in [-0.1, -0.05) is 0 Å². The van der Waals surface area contributed by atoms with Gasteiger partial charge < -0.3 is 15.4 Å². The summed E-state index contributed by atoms with van der Waals surface area (Å²) in [5.74, 6) is -0.179. The van der Waals surface area contributed by atoms with Crippen LogP contribution in [0.15, 0.2) is 18.3 Å². The fraction of sp³-hybridized carbons (Fsp3) is 0.538. The first-order valence-electron chi connectivity index (χ1n) is 6.25. The summed E-state index contributed by atoms with van der Waals surface area (Å²) in [7, 11) is 0. The number of ether oxygens (including phenoxy) is 1. The minimum Gasteiger partial charge on any atom is -0.385 e. The van der Waals surface area contributed by atoms with Crippen molar-refractivity contribution >= 4 is 11.6 Å². The van der Waals surface area contributed by atoms with E-state index in [1.165, 1.54) is 0 Å². The van der Waals surface area contributed by atoms with E-state index in [0.29, 0.717) is 18.9 Å². The number of amides is 1. The Kier molecular flexibility index (Phi) is 6.14. The van der Waals surface area contributed by atoms with Gasteiger partial charge >= 0.3 is 0 Å². The van der Waals surface area contributed by atoms with E-state index in [9.17, 15) is 4.79 Å². The van der Waals surface area contributed by atoms with Crippen molar-refractivity contribution < 1.29 is 9.53 Å². The molecule has 0 saturated carbocycles. The van der Waals surface area contributed by atoms with E-state index in [0.717, 1.165) is 12.2 Å². The van der Waals surface area contributed by atoms with Gasteiger partial charge in [-0.3, -0.25) is 9.78 Å². The number of hydrogen-bond donors (Lipinski definition) is 2. The minimum absolute atomic E-state index is 0.0259. The molecule has 0 spiro atoms. The molecule has 0 bridgehead atoms. The number of hydrogen-bond acceptors (Lipinski definition) is 4. The lowest BCUT2D eigenvalue weighted by Crippen LogP contribution is -2.36. The van der Waals surface area contributed by atoms with Crippen LogP contribution in [0.5, 0.6) is 0 Å². The van der Waals surface area contributed by atoms with Crippen LogP contribution in [0.4, 0.5) is 5.69 Å². The molecule has 18 heavy (non-hydrogen) atoms. The Morgan fingerprint density at radius 1 is 1.50 bits per heavy atom. The smallest absolute Gasteiger partial charge is 0.270 e. The van der Waals surface area contributed by atoms with Crippen LogP contribution in [0.2, 0.25) is 0 Å². The van der Waals surface area contributed by atoms with Crippen molar-refractivity contribution in [2.75, 3.05) is 25.1 Å². The normalized spacial score (nSPS) is 11.9. The highest BCUT2D eigenvalue weighted by Crippen LogP contribution is 2.07. The van der Waals surface area contributed by atoms with Gasteiger partial charge in [-0.05, 0) is 32.9 Å². The van der Waals surface area contributed by atoms with Gasteiger partial charge in [0.2, 0.25) is 0 Å². The van der Waals surface area contributed by atoms with Gasteiger partial charge in [0, 0.05) is 31.1 Å². The number of carbonyl (C=O) groups is 1. The highest BCUT2D eigenvalue weighted by Gasteiger charge is 2.11. The fourth-order valence-electron chi connectivity index (χ4n) is 1.50. The van der Waals surface area contributed by atoms with Crippen LogP contribution in [0.1, 0.15) is 31.3 Å². The molecular formula is C13H21N3O2. The maximum absolute atomic E-state index is 11.9. The van der Waals surface area contributed by atoms with E-state index < -0.39 is 0 Å². The molecule has 5 nitrogen and oxygen atoms in total. The Bertz CT molecular complexity index is 382. The summed E-state index contributed by atoms with van der Waals surface area (Å²) in [5.41, 5.74) is 1.31. The van der Waals surface area contributed by atoms with Crippen molar-refractivity contribution in [3.63, 3.8) is 0 Å². The first-order chi connectivity index (χ1) is 8.67. The number of carbonyl (C=O) groups excluding carboxylic acids is 1. The minimum atomic E-state index is -0.179. The molecule has 5 heteroatoms. The van der Waals surface area contributed by atoms with Crippen LogP contribution < -0.4 is 10.6 Å². The lowest BCUT2D eigenvalue weighted by atomic mass is 10.2. The number of pyridine rings is 1. The highest BCUT2D eigenvalue weighted by molar-refractivity contribution is 5.93. The molecule has 1 unspecified atom stereocenters. The Labute approximate surface area is 108 Å². The molecule has 100 valence electrons. The number of nitrogens with one attached hydrogen (secondary N) is 2. The molecule has 0 fully saturated rings. The second-order valence-corrected chi connectivity index (χ2v) is 3.99. The van der Waals surface area contributed by atoms with E-state index in [-0.39, 0.29) is 11.9 Å². The maximum atomic E-state index is 11.9. The molecule has 0 radical (unpaired) electrons. The zero-order valence-electron chi connectivity index (χ0n) is 11.2. The molecule has 0 aliphatic heterocycles. The zero-order chi connectivity index (χ0) is 13.4. The summed E-state index contributed by atoms with van der Waals surface area (Å²) in [4.78, 5) is 16.0. The Morgan fingerprint density at radius 2 is 2.28 bits per heavy atom. The Balaban J connectivity index is 2.57. The van der Waals surface area contributed by atoms with Gasteiger partial charge in [-0.15, -0.1) is 0 Å². The SMILES string of the molecule is CCNc1ccnc(C(=O)NC(C)COCC)c1. The molecule has 0 aliphatic rings. The van der Waals surface area contributed by atoms with Crippen molar-refractivity contribution in [3.05, 3.63) is 24.0 Å². The van der Waals surface area contributed by atoms with Crippen LogP contribution in [0.25, 0.3) is 0 Å². The van der Waals surface area contributed by atoms with E-state index in [2.05, 4.69) is 15.6 Å². The van der Waals surface area contributed by atoms with Gasteiger partial charge in [-0.2, -0.15) is 0 Å². The fourth-order valence-corrected chi connectivity index (χ4v) is 1.50. The van der Waals surface area contributed by atoms with Gasteiger partial charge in [0.05, 0.1) is 6.61 Å². The molecule has 1 aromatic rings. The summed E-state index contributed by atoms with van der Waals surface area (Å²) in [6.07, 6.45) is 1.63. The molecule has 1 aromatic heterocycles. The van der Waals surface area contributed by atoms with Crippen molar-refractivity contribution in [1.29, 1.82) is 0 Å². The molecule has 1 rings (SSSR count). The van der Waals surface area contributed by atoms with Crippen LogP contribution in [-0.2, 0) is 4.74 Å².